The zero-order chi connectivity index (χ0) is 8.97. The minimum absolute atomic E-state index is 0.126. The zero-order valence-electron chi connectivity index (χ0n) is 7.53. The van der Waals surface area contributed by atoms with Crippen molar-refractivity contribution in [2.75, 3.05) is 27.4 Å². The first-order valence-corrected chi connectivity index (χ1v) is 4.09. The highest BCUT2D eigenvalue weighted by Crippen LogP contribution is 2.18. The molecule has 1 heterocycles. The Hall–Kier alpha value is -0.160. The third kappa shape index (κ3) is 2.42. The van der Waals surface area contributed by atoms with E-state index in [4.69, 9.17) is 14.2 Å². The van der Waals surface area contributed by atoms with Gasteiger partial charge in [-0.2, -0.15) is 0 Å². The van der Waals surface area contributed by atoms with Crippen molar-refractivity contribution in [1.82, 2.24) is 0 Å². The number of aliphatic hydroxyl groups excluding tert-OH is 1. The Morgan fingerprint density at radius 3 is 2.83 bits per heavy atom. The molecule has 0 saturated carbocycles. The molecule has 0 spiro atoms. The smallest absolute Gasteiger partial charge is 0.103 e. The molecule has 0 radical (unpaired) electrons. The van der Waals surface area contributed by atoms with Gasteiger partial charge in [-0.25, -0.2) is 0 Å². The van der Waals surface area contributed by atoms with Gasteiger partial charge in [-0.3, -0.25) is 0 Å². The summed E-state index contributed by atoms with van der Waals surface area (Å²) in [4.78, 5) is 0. The minimum atomic E-state index is -0.532. The quantitative estimate of drug-likeness (QED) is 0.644. The van der Waals surface area contributed by atoms with E-state index in [1.807, 2.05) is 0 Å². The third-order valence-corrected chi connectivity index (χ3v) is 2.09. The van der Waals surface area contributed by atoms with Crippen LogP contribution in [-0.4, -0.2) is 50.9 Å². The lowest BCUT2D eigenvalue weighted by molar-refractivity contribution is -0.0389. The summed E-state index contributed by atoms with van der Waals surface area (Å²) in [6.45, 7) is 0.892. The summed E-state index contributed by atoms with van der Waals surface area (Å²) in [5, 5.41) is 9.46. The number of ether oxygens (including phenoxy) is 3. The van der Waals surface area contributed by atoms with Crippen molar-refractivity contribution in [3.8, 4) is 0 Å². The Bertz CT molecular complexity index is 128. The SMILES string of the molecule is COC[C@H](O)[C@@H]1C[C@@H](OC)CO1. The van der Waals surface area contributed by atoms with E-state index < -0.39 is 6.10 Å². The lowest BCUT2D eigenvalue weighted by Crippen LogP contribution is -2.29. The van der Waals surface area contributed by atoms with Gasteiger partial charge in [-0.15, -0.1) is 0 Å². The minimum Gasteiger partial charge on any atom is -0.388 e. The van der Waals surface area contributed by atoms with Crippen LogP contribution < -0.4 is 0 Å². The van der Waals surface area contributed by atoms with Crippen molar-refractivity contribution in [2.45, 2.75) is 24.7 Å². The molecule has 1 aliphatic rings. The molecule has 0 amide bonds. The molecule has 1 rings (SSSR count). The number of methoxy groups -OCH3 is 2. The molecule has 1 aliphatic heterocycles. The maximum absolute atomic E-state index is 9.46. The predicted molar refractivity (Wildman–Crippen MR) is 43.0 cm³/mol. The Kier molecular flexibility index (Phi) is 3.94. The van der Waals surface area contributed by atoms with Crippen molar-refractivity contribution < 1.29 is 19.3 Å². The predicted octanol–water partition coefficient (Wildman–Crippen LogP) is -0.202. The standard InChI is InChI=1S/C8H16O4/c1-10-5-7(9)8-3-6(11-2)4-12-8/h6-9H,3-5H2,1-2H3/t6-,7+,8+/m1/s1. The fourth-order valence-corrected chi connectivity index (χ4v) is 1.34. The summed E-state index contributed by atoms with van der Waals surface area (Å²) in [6.07, 6.45) is 0.215. The molecule has 12 heavy (non-hydrogen) atoms. The highest BCUT2D eigenvalue weighted by Gasteiger charge is 2.30. The normalized spacial score (nSPS) is 32.2. The van der Waals surface area contributed by atoms with Gasteiger partial charge in [-0.1, -0.05) is 0 Å². The van der Waals surface area contributed by atoms with E-state index in [0.29, 0.717) is 13.2 Å². The second-order valence-corrected chi connectivity index (χ2v) is 2.99. The highest BCUT2D eigenvalue weighted by atomic mass is 16.6. The van der Waals surface area contributed by atoms with E-state index in [1.165, 1.54) is 0 Å². The molecule has 0 aromatic heterocycles. The van der Waals surface area contributed by atoms with Gasteiger partial charge in [0.15, 0.2) is 0 Å². The van der Waals surface area contributed by atoms with Crippen LogP contribution in [0.25, 0.3) is 0 Å². The van der Waals surface area contributed by atoms with Gasteiger partial charge in [0.2, 0.25) is 0 Å². The van der Waals surface area contributed by atoms with Crippen LogP contribution in [0, 0.1) is 0 Å². The van der Waals surface area contributed by atoms with E-state index in [9.17, 15) is 5.11 Å². The molecular weight excluding hydrogens is 160 g/mol. The van der Waals surface area contributed by atoms with Gasteiger partial charge in [0.05, 0.1) is 25.4 Å². The Morgan fingerprint density at radius 2 is 2.33 bits per heavy atom. The van der Waals surface area contributed by atoms with Crippen molar-refractivity contribution in [3.63, 3.8) is 0 Å². The summed E-state index contributed by atoms with van der Waals surface area (Å²) in [6, 6.07) is 0. The van der Waals surface area contributed by atoms with E-state index in [0.717, 1.165) is 6.42 Å². The van der Waals surface area contributed by atoms with Crippen LogP contribution in [0.2, 0.25) is 0 Å². The van der Waals surface area contributed by atoms with E-state index in [1.54, 1.807) is 14.2 Å². The molecule has 0 unspecified atom stereocenters. The van der Waals surface area contributed by atoms with Crippen LogP contribution in [0.15, 0.2) is 0 Å². The fraction of sp³-hybridized carbons (Fsp3) is 1.00. The van der Waals surface area contributed by atoms with Crippen molar-refractivity contribution in [3.05, 3.63) is 0 Å². The maximum Gasteiger partial charge on any atom is 0.103 e. The molecule has 1 N–H and O–H groups in total. The Morgan fingerprint density at radius 1 is 1.58 bits per heavy atom. The molecule has 0 aromatic rings. The van der Waals surface area contributed by atoms with E-state index in [-0.39, 0.29) is 12.2 Å². The summed E-state index contributed by atoms with van der Waals surface area (Å²) < 4.78 is 15.2. The largest absolute Gasteiger partial charge is 0.388 e. The molecule has 1 fully saturated rings. The molecule has 1 saturated heterocycles. The lowest BCUT2D eigenvalue weighted by Gasteiger charge is -2.15. The average molecular weight is 176 g/mol. The van der Waals surface area contributed by atoms with Gasteiger partial charge in [0, 0.05) is 20.6 Å². The molecule has 72 valence electrons. The lowest BCUT2D eigenvalue weighted by atomic mass is 10.1. The number of rotatable bonds is 4. The molecule has 3 atom stereocenters. The molecule has 0 aromatic carbocycles. The monoisotopic (exact) mass is 176 g/mol. The maximum atomic E-state index is 9.46. The Labute approximate surface area is 72.4 Å². The zero-order valence-corrected chi connectivity index (χ0v) is 7.53. The number of hydrogen-bond acceptors (Lipinski definition) is 4. The first kappa shape index (κ1) is 9.92. The summed E-state index contributed by atoms with van der Waals surface area (Å²) in [5.41, 5.74) is 0. The third-order valence-electron chi connectivity index (χ3n) is 2.09. The second kappa shape index (κ2) is 4.77. The number of hydrogen-bond donors (Lipinski definition) is 1. The van der Waals surface area contributed by atoms with Crippen LogP contribution in [0.5, 0.6) is 0 Å². The van der Waals surface area contributed by atoms with Crippen LogP contribution >= 0.6 is 0 Å². The van der Waals surface area contributed by atoms with Crippen LogP contribution in [0.1, 0.15) is 6.42 Å². The molecule has 4 nitrogen and oxygen atoms in total. The first-order valence-electron chi connectivity index (χ1n) is 4.09. The van der Waals surface area contributed by atoms with Gasteiger partial charge in [0.25, 0.3) is 0 Å². The fourth-order valence-electron chi connectivity index (χ4n) is 1.34. The Balaban J connectivity index is 2.25. The van der Waals surface area contributed by atoms with Crippen LogP contribution in [-0.2, 0) is 14.2 Å². The van der Waals surface area contributed by atoms with Gasteiger partial charge < -0.3 is 19.3 Å². The molecular formula is C8H16O4. The van der Waals surface area contributed by atoms with Crippen molar-refractivity contribution in [1.29, 1.82) is 0 Å². The first-order chi connectivity index (χ1) is 5.77. The van der Waals surface area contributed by atoms with E-state index in [2.05, 4.69) is 0 Å². The topological polar surface area (TPSA) is 47.9 Å². The van der Waals surface area contributed by atoms with Crippen molar-refractivity contribution in [2.24, 2.45) is 0 Å². The van der Waals surface area contributed by atoms with Gasteiger partial charge >= 0.3 is 0 Å². The second-order valence-electron chi connectivity index (χ2n) is 2.99. The number of aliphatic hydroxyl groups is 1. The summed E-state index contributed by atoms with van der Waals surface area (Å²) in [7, 11) is 3.21. The van der Waals surface area contributed by atoms with Crippen molar-refractivity contribution >= 4 is 0 Å². The molecule has 4 heteroatoms. The summed E-state index contributed by atoms with van der Waals surface area (Å²) >= 11 is 0. The molecule has 0 aliphatic carbocycles. The highest BCUT2D eigenvalue weighted by molar-refractivity contribution is 4.79. The van der Waals surface area contributed by atoms with Crippen LogP contribution in [0.3, 0.4) is 0 Å². The molecule has 0 bridgehead atoms. The van der Waals surface area contributed by atoms with Gasteiger partial charge in [-0.05, 0) is 0 Å². The van der Waals surface area contributed by atoms with Crippen LogP contribution in [0.4, 0.5) is 0 Å². The van der Waals surface area contributed by atoms with E-state index >= 15 is 0 Å². The summed E-state index contributed by atoms with van der Waals surface area (Å²) in [5.74, 6) is 0. The average Bonchev–Trinajstić information content (AvgIpc) is 2.52. The van der Waals surface area contributed by atoms with Gasteiger partial charge in [0.1, 0.15) is 6.10 Å².